The molecule has 0 unspecified atom stereocenters. The normalized spacial score (nSPS) is 14.1. The molecule has 1 aliphatic heterocycles. The van der Waals surface area contributed by atoms with Gasteiger partial charge in [-0.25, -0.2) is 9.69 Å². The summed E-state index contributed by atoms with van der Waals surface area (Å²) < 4.78 is 17.1. The van der Waals surface area contributed by atoms with Crippen LogP contribution in [0.5, 0.6) is 17.2 Å². The van der Waals surface area contributed by atoms with E-state index in [-0.39, 0.29) is 29.5 Å². The van der Waals surface area contributed by atoms with Crippen LogP contribution in [0, 0.1) is 0 Å². The van der Waals surface area contributed by atoms with Crippen LogP contribution in [0.2, 0.25) is 15.1 Å². The second-order valence-corrected chi connectivity index (χ2v) is 10.5. The van der Waals surface area contributed by atoms with Gasteiger partial charge in [0.1, 0.15) is 24.5 Å². The first-order valence-electron chi connectivity index (χ1n) is 12.9. The molecule has 0 spiro atoms. The largest absolute Gasteiger partial charge is 0.493 e. The first-order valence-corrected chi connectivity index (χ1v) is 14.0. The lowest BCUT2D eigenvalue weighted by atomic mass is 10.1. The standard InChI is InChI=1S/C32H23Cl3N2O6/c1-41-28-15-20(14-27(35)29(28)43-17-19-5-3-2-4-6-19)13-25-30(38)36-32(40)37(31(25)39)23-9-11-24(12-10-23)42-18-21-7-8-22(33)16-26(21)34/h2-16H,17-18H2,1H3,(H,36,38,40)/b25-13+. The third-order valence-electron chi connectivity index (χ3n) is 6.39. The van der Waals surface area contributed by atoms with Gasteiger partial charge in [-0.3, -0.25) is 14.9 Å². The average Bonchev–Trinajstić information content (AvgIpc) is 2.99. The maximum atomic E-state index is 13.4. The molecule has 8 nitrogen and oxygen atoms in total. The smallest absolute Gasteiger partial charge is 0.335 e. The van der Waals surface area contributed by atoms with Crippen molar-refractivity contribution in [2.45, 2.75) is 13.2 Å². The van der Waals surface area contributed by atoms with Crippen molar-refractivity contribution in [1.29, 1.82) is 0 Å². The van der Waals surface area contributed by atoms with Crippen molar-refractivity contribution in [1.82, 2.24) is 5.32 Å². The Morgan fingerprint density at radius 3 is 2.26 bits per heavy atom. The van der Waals surface area contributed by atoms with Gasteiger partial charge < -0.3 is 14.2 Å². The van der Waals surface area contributed by atoms with Gasteiger partial charge in [-0.2, -0.15) is 0 Å². The van der Waals surface area contributed by atoms with E-state index in [2.05, 4.69) is 5.32 Å². The summed E-state index contributed by atoms with van der Waals surface area (Å²) in [6.07, 6.45) is 1.33. The first kappa shape index (κ1) is 30.0. The molecule has 4 aromatic carbocycles. The number of nitrogens with one attached hydrogen (secondary N) is 1. The van der Waals surface area contributed by atoms with Gasteiger partial charge in [0, 0.05) is 15.6 Å². The van der Waals surface area contributed by atoms with E-state index in [1.54, 1.807) is 36.4 Å². The third kappa shape index (κ3) is 6.94. The number of barbiturate groups is 1. The number of imide groups is 2. The highest BCUT2D eigenvalue weighted by molar-refractivity contribution is 6.39. The first-order chi connectivity index (χ1) is 20.7. The lowest BCUT2D eigenvalue weighted by Gasteiger charge is -2.26. The molecule has 1 saturated heterocycles. The number of rotatable bonds is 9. The van der Waals surface area contributed by atoms with Gasteiger partial charge in [0.05, 0.1) is 17.8 Å². The van der Waals surface area contributed by atoms with E-state index in [0.717, 1.165) is 16.0 Å². The van der Waals surface area contributed by atoms with Crippen molar-refractivity contribution in [3.63, 3.8) is 0 Å². The number of carbonyl (C=O) groups excluding carboxylic acids is 3. The molecule has 4 aromatic rings. The van der Waals surface area contributed by atoms with Crippen molar-refractivity contribution in [3.05, 3.63) is 122 Å². The average molecular weight is 638 g/mol. The van der Waals surface area contributed by atoms with E-state index in [9.17, 15) is 14.4 Å². The van der Waals surface area contributed by atoms with Crippen molar-refractivity contribution < 1.29 is 28.6 Å². The monoisotopic (exact) mass is 636 g/mol. The predicted molar refractivity (Wildman–Crippen MR) is 165 cm³/mol. The number of amides is 4. The molecule has 0 saturated carbocycles. The van der Waals surface area contributed by atoms with Crippen LogP contribution in [0.1, 0.15) is 16.7 Å². The molecular formula is C32H23Cl3N2O6. The highest BCUT2D eigenvalue weighted by Gasteiger charge is 2.37. The van der Waals surface area contributed by atoms with Crippen molar-refractivity contribution in [2.24, 2.45) is 0 Å². The zero-order valence-electron chi connectivity index (χ0n) is 22.6. The molecule has 1 fully saturated rings. The van der Waals surface area contributed by atoms with Crippen LogP contribution in [0.25, 0.3) is 6.08 Å². The van der Waals surface area contributed by atoms with E-state index < -0.39 is 17.8 Å². The van der Waals surface area contributed by atoms with Crippen molar-refractivity contribution in [3.8, 4) is 17.2 Å². The Morgan fingerprint density at radius 1 is 0.814 bits per heavy atom. The fourth-order valence-corrected chi connectivity index (χ4v) is 4.98. The number of anilines is 1. The summed E-state index contributed by atoms with van der Waals surface area (Å²) in [4.78, 5) is 39.7. The van der Waals surface area contributed by atoms with Gasteiger partial charge in [0.2, 0.25) is 0 Å². The zero-order valence-corrected chi connectivity index (χ0v) is 24.9. The molecule has 1 aliphatic rings. The van der Waals surface area contributed by atoms with Gasteiger partial charge in [-0.1, -0.05) is 71.2 Å². The molecule has 0 aromatic heterocycles. The zero-order chi connectivity index (χ0) is 30.5. The summed E-state index contributed by atoms with van der Waals surface area (Å²) in [5.74, 6) is -0.558. The Kier molecular flexibility index (Phi) is 9.21. The maximum Gasteiger partial charge on any atom is 0.335 e. The quantitative estimate of drug-likeness (QED) is 0.151. The molecule has 0 bridgehead atoms. The van der Waals surface area contributed by atoms with Crippen LogP contribution >= 0.6 is 34.8 Å². The summed E-state index contributed by atoms with van der Waals surface area (Å²) in [7, 11) is 1.45. The Balaban J connectivity index is 1.34. The predicted octanol–water partition coefficient (Wildman–Crippen LogP) is 7.48. The number of hydrogen-bond acceptors (Lipinski definition) is 6. The number of benzene rings is 4. The lowest BCUT2D eigenvalue weighted by Crippen LogP contribution is -2.54. The topological polar surface area (TPSA) is 94.2 Å². The van der Waals surface area contributed by atoms with Gasteiger partial charge in [-0.15, -0.1) is 0 Å². The van der Waals surface area contributed by atoms with E-state index >= 15 is 0 Å². The SMILES string of the molecule is COc1cc(/C=C2\C(=O)NC(=O)N(c3ccc(OCc4ccc(Cl)cc4Cl)cc3)C2=O)cc(Cl)c1OCc1ccccc1. The molecule has 1 N–H and O–H groups in total. The highest BCUT2D eigenvalue weighted by atomic mass is 35.5. The second kappa shape index (κ2) is 13.2. The third-order valence-corrected chi connectivity index (χ3v) is 7.26. The van der Waals surface area contributed by atoms with Gasteiger partial charge in [0.25, 0.3) is 11.8 Å². The number of carbonyl (C=O) groups is 3. The van der Waals surface area contributed by atoms with E-state index in [0.29, 0.717) is 32.9 Å². The van der Waals surface area contributed by atoms with Crippen LogP contribution in [-0.2, 0) is 22.8 Å². The molecule has 4 amide bonds. The number of urea groups is 1. The van der Waals surface area contributed by atoms with Crippen molar-refractivity contribution >= 4 is 64.4 Å². The van der Waals surface area contributed by atoms with Crippen LogP contribution in [0.15, 0.2) is 90.5 Å². The Morgan fingerprint density at radius 2 is 1.56 bits per heavy atom. The fourth-order valence-electron chi connectivity index (χ4n) is 4.24. The van der Waals surface area contributed by atoms with Crippen LogP contribution in [-0.4, -0.2) is 25.0 Å². The molecule has 11 heteroatoms. The van der Waals surface area contributed by atoms with Gasteiger partial charge >= 0.3 is 6.03 Å². The molecule has 0 aliphatic carbocycles. The molecule has 1 heterocycles. The van der Waals surface area contributed by atoms with Crippen LogP contribution < -0.4 is 24.4 Å². The van der Waals surface area contributed by atoms with E-state index in [1.165, 1.54) is 31.4 Å². The summed E-state index contributed by atoms with van der Waals surface area (Å²) in [5.41, 5.74) is 2.03. The second-order valence-electron chi connectivity index (χ2n) is 9.28. The minimum absolute atomic E-state index is 0.183. The molecule has 0 radical (unpaired) electrons. The summed E-state index contributed by atoms with van der Waals surface area (Å²) in [5, 5.41) is 3.41. The highest BCUT2D eigenvalue weighted by Crippen LogP contribution is 2.38. The molecule has 0 atom stereocenters. The fraction of sp³-hybridized carbons (Fsp3) is 0.0938. The Bertz CT molecular complexity index is 1730. The molecule has 43 heavy (non-hydrogen) atoms. The number of ether oxygens (including phenoxy) is 3. The summed E-state index contributed by atoms with van der Waals surface area (Å²) in [6, 6.07) is 23.1. The van der Waals surface area contributed by atoms with E-state index in [4.69, 9.17) is 49.0 Å². The Labute approximate surface area is 262 Å². The Hall–Kier alpha value is -4.50. The lowest BCUT2D eigenvalue weighted by molar-refractivity contribution is -0.122. The van der Waals surface area contributed by atoms with Crippen molar-refractivity contribution in [2.75, 3.05) is 12.0 Å². The maximum absolute atomic E-state index is 13.4. The van der Waals surface area contributed by atoms with Crippen LogP contribution in [0.4, 0.5) is 10.5 Å². The molecule has 218 valence electrons. The van der Waals surface area contributed by atoms with Crippen LogP contribution in [0.3, 0.4) is 0 Å². The van der Waals surface area contributed by atoms with Gasteiger partial charge in [0.15, 0.2) is 11.5 Å². The number of hydrogen-bond donors (Lipinski definition) is 1. The number of nitrogens with zero attached hydrogens (tertiary/aromatic N) is 1. The minimum Gasteiger partial charge on any atom is -0.493 e. The summed E-state index contributed by atoms with van der Waals surface area (Å²) >= 11 is 18.6. The van der Waals surface area contributed by atoms with Gasteiger partial charge in [-0.05, 0) is 65.7 Å². The minimum atomic E-state index is -0.881. The number of halogens is 3. The van der Waals surface area contributed by atoms with E-state index in [1.807, 2.05) is 30.3 Å². The molecule has 5 rings (SSSR count). The number of methoxy groups -OCH3 is 1. The molecular weight excluding hydrogens is 615 g/mol. The summed E-state index contributed by atoms with van der Waals surface area (Å²) in [6.45, 7) is 0.440.